The van der Waals surface area contributed by atoms with E-state index in [1.54, 1.807) is 0 Å². The van der Waals surface area contributed by atoms with E-state index in [1.807, 2.05) is 17.4 Å². The van der Waals surface area contributed by atoms with Crippen molar-refractivity contribution in [1.29, 1.82) is 0 Å². The van der Waals surface area contributed by atoms with Gasteiger partial charge in [-0.3, -0.25) is 4.57 Å². The smallest absolute Gasteiger partial charge is 0.162 e. The van der Waals surface area contributed by atoms with Gasteiger partial charge in [0.15, 0.2) is 5.82 Å². The van der Waals surface area contributed by atoms with Crippen LogP contribution in [0.1, 0.15) is 0 Å². The minimum absolute atomic E-state index is 0.716. The Balaban J connectivity index is 1.22. The fourth-order valence-corrected chi connectivity index (χ4v) is 10.7. The molecule has 0 amide bonds. The largest absolute Gasteiger partial charge is 0.293 e. The Morgan fingerprint density at radius 3 is 1.95 bits per heavy atom. The Labute approximate surface area is 324 Å². The molecule has 0 atom stereocenters. The molecule has 0 spiro atoms. The SMILES string of the molecule is c1ccc(-c2nc(-n3c4cc(-c5cc6ccccc6c6c5ccc5ccccc56)cc5ccc6c7sc8ccccc8c7cc3c6c54)c3ccccc3n2)cc1. The predicted octanol–water partition coefficient (Wildman–Crippen LogP) is 14.5. The van der Waals surface area contributed by atoms with E-state index in [2.05, 4.69) is 174 Å². The number of para-hydroxylation sites is 1. The van der Waals surface area contributed by atoms with Crippen LogP contribution in [0.5, 0.6) is 0 Å². The number of thiophene rings is 1. The van der Waals surface area contributed by atoms with Gasteiger partial charge in [0.2, 0.25) is 0 Å². The highest BCUT2D eigenvalue weighted by molar-refractivity contribution is 7.26. The van der Waals surface area contributed by atoms with Crippen molar-refractivity contribution in [1.82, 2.24) is 14.5 Å². The number of aromatic nitrogens is 3. The first-order valence-electron chi connectivity index (χ1n) is 19.1. The van der Waals surface area contributed by atoms with Gasteiger partial charge in [0.1, 0.15) is 5.82 Å². The summed E-state index contributed by atoms with van der Waals surface area (Å²) < 4.78 is 5.07. The normalized spacial score (nSPS) is 12.3. The van der Waals surface area contributed by atoms with Gasteiger partial charge >= 0.3 is 0 Å². The van der Waals surface area contributed by atoms with Crippen LogP contribution in [-0.2, 0) is 0 Å². The van der Waals surface area contributed by atoms with Crippen molar-refractivity contribution in [2.24, 2.45) is 0 Å². The Morgan fingerprint density at radius 2 is 1.07 bits per heavy atom. The van der Waals surface area contributed by atoms with E-state index in [-0.39, 0.29) is 0 Å². The van der Waals surface area contributed by atoms with Crippen molar-refractivity contribution < 1.29 is 0 Å². The maximum Gasteiger partial charge on any atom is 0.162 e. The maximum absolute atomic E-state index is 5.49. The molecule has 258 valence electrons. The Morgan fingerprint density at radius 1 is 0.393 bits per heavy atom. The van der Waals surface area contributed by atoms with Crippen LogP contribution in [0.3, 0.4) is 0 Å². The van der Waals surface area contributed by atoms with E-state index in [0.29, 0.717) is 5.82 Å². The molecule has 0 aliphatic rings. The molecular formula is C52H29N3S. The molecule has 3 heterocycles. The van der Waals surface area contributed by atoms with Gasteiger partial charge in [-0.15, -0.1) is 11.3 Å². The highest BCUT2D eigenvalue weighted by Crippen LogP contribution is 2.49. The summed E-state index contributed by atoms with van der Waals surface area (Å²) in [6.45, 7) is 0. The standard InChI is InChI=1S/C52H29N3S/c1-2-13-31(14-3-1)51-53-43-20-10-8-19-39(43)52(54-51)55-44-28-34(41-27-32-15-5-7-17-36(32)48-35-16-6-4-12-30(35)22-24-38(41)48)26-33-23-25-40-49(47(33)44)45(55)29-42-37-18-9-11-21-46(37)56-50(40)42/h1-29H. The third-order valence-electron chi connectivity index (χ3n) is 11.9. The van der Waals surface area contributed by atoms with Crippen LogP contribution in [0, 0.1) is 0 Å². The molecule has 0 fully saturated rings. The third-order valence-corrected chi connectivity index (χ3v) is 13.1. The molecule has 0 aliphatic heterocycles. The lowest BCUT2D eigenvalue weighted by molar-refractivity contribution is 1.08. The van der Waals surface area contributed by atoms with Crippen LogP contribution in [0.4, 0.5) is 0 Å². The molecular weight excluding hydrogens is 699 g/mol. The van der Waals surface area contributed by atoms with E-state index in [4.69, 9.17) is 9.97 Å². The minimum Gasteiger partial charge on any atom is -0.293 e. The summed E-state index contributed by atoms with van der Waals surface area (Å²) in [4.78, 5) is 10.6. The van der Waals surface area contributed by atoms with Crippen LogP contribution in [0.2, 0.25) is 0 Å². The van der Waals surface area contributed by atoms with E-state index < -0.39 is 0 Å². The molecule has 3 aromatic heterocycles. The molecule has 13 aromatic rings. The summed E-state index contributed by atoms with van der Waals surface area (Å²) >= 11 is 1.89. The van der Waals surface area contributed by atoms with E-state index in [0.717, 1.165) is 33.3 Å². The lowest BCUT2D eigenvalue weighted by atomic mass is 9.89. The minimum atomic E-state index is 0.716. The van der Waals surface area contributed by atoms with Crippen LogP contribution in [-0.4, -0.2) is 14.5 Å². The van der Waals surface area contributed by atoms with Gasteiger partial charge in [0, 0.05) is 47.3 Å². The molecule has 0 N–H and O–H groups in total. The predicted molar refractivity (Wildman–Crippen MR) is 239 cm³/mol. The number of hydrogen-bond donors (Lipinski definition) is 0. The molecule has 56 heavy (non-hydrogen) atoms. The summed E-state index contributed by atoms with van der Waals surface area (Å²) in [7, 11) is 0. The van der Waals surface area contributed by atoms with E-state index >= 15 is 0 Å². The molecule has 0 saturated carbocycles. The monoisotopic (exact) mass is 727 g/mol. The first-order valence-corrected chi connectivity index (χ1v) is 19.9. The van der Waals surface area contributed by atoms with E-state index in [1.165, 1.54) is 85.2 Å². The zero-order chi connectivity index (χ0) is 36.5. The van der Waals surface area contributed by atoms with Crippen LogP contribution in [0.15, 0.2) is 176 Å². The Hall–Kier alpha value is -7.14. The summed E-state index contributed by atoms with van der Waals surface area (Å²) in [5.41, 5.74) is 6.63. The van der Waals surface area contributed by atoms with Crippen molar-refractivity contribution >= 4 is 107 Å². The van der Waals surface area contributed by atoms with Gasteiger partial charge in [-0.1, -0.05) is 133 Å². The number of rotatable bonds is 3. The maximum atomic E-state index is 5.49. The zero-order valence-electron chi connectivity index (χ0n) is 30.0. The average molecular weight is 728 g/mol. The van der Waals surface area contributed by atoms with Gasteiger partial charge in [-0.05, 0) is 91.3 Å². The highest BCUT2D eigenvalue weighted by atomic mass is 32.1. The fraction of sp³-hybridized carbons (Fsp3) is 0. The lowest BCUT2D eigenvalue weighted by Gasteiger charge is -2.15. The van der Waals surface area contributed by atoms with Crippen molar-refractivity contribution in [3.63, 3.8) is 0 Å². The van der Waals surface area contributed by atoms with Crippen molar-refractivity contribution in [2.75, 3.05) is 0 Å². The third kappa shape index (κ3) is 4.11. The van der Waals surface area contributed by atoms with Crippen molar-refractivity contribution in [3.8, 4) is 28.3 Å². The number of fused-ring (bicyclic) bond motifs is 10. The number of benzene rings is 10. The van der Waals surface area contributed by atoms with Gasteiger partial charge in [0.05, 0.1) is 16.6 Å². The lowest BCUT2D eigenvalue weighted by Crippen LogP contribution is -2.02. The first-order chi connectivity index (χ1) is 27.8. The average Bonchev–Trinajstić information content (AvgIpc) is 3.80. The molecule has 3 nitrogen and oxygen atoms in total. The zero-order valence-corrected chi connectivity index (χ0v) is 30.8. The summed E-state index contributed by atoms with van der Waals surface area (Å²) in [6, 6.07) is 64.1. The van der Waals surface area contributed by atoms with Crippen LogP contribution >= 0.6 is 11.3 Å². The molecule has 10 aromatic carbocycles. The molecule has 0 unspecified atom stereocenters. The Kier molecular flexibility index (Phi) is 6.04. The first kappa shape index (κ1) is 30.2. The molecule has 0 aliphatic carbocycles. The van der Waals surface area contributed by atoms with Gasteiger partial charge in [-0.2, -0.15) is 0 Å². The summed E-state index contributed by atoms with van der Waals surface area (Å²) in [5.74, 6) is 1.60. The molecule has 0 saturated heterocycles. The second-order valence-electron chi connectivity index (χ2n) is 14.9. The summed E-state index contributed by atoms with van der Waals surface area (Å²) in [6.07, 6.45) is 0. The summed E-state index contributed by atoms with van der Waals surface area (Å²) in [5, 5.41) is 16.2. The quantitative estimate of drug-likeness (QED) is 0.170. The fourth-order valence-electron chi connectivity index (χ4n) is 9.44. The van der Waals surface area contributed by atoms with Crippen molar-refractivity contribution in [2.45, 2.75) is 0 Å². The van der Waals surface area contributed by atoms with E-state index in [9.17, 15) is 0 Å². The van der Waals surface area contributed by atoms with Crippen molar-refractivity contribution in [3.05, 3.63) is 176 Å². The van der Waals surface area contributed by atoms with Gasteiger partial charge in [0.25, 0.3) is 0 Å². The molecule has 0 radical (unpaired) electrons. The Bertz CT molecular complexity index is 3750. The topological polar surface area (TPSA) is 30.7 Å². The molecule has 13 rings (SSSR count). The van der Waals surface area contributed by atoms with Crippen LogP contribution in [0.25, 0.3) is 124 Å². The number of nitrogens with zero attached hydrogens (tertiary/aromatic N) is 3. The van der Waals surface area contributed by atoms with Crippen LogP contribution < -0.4 is 0 Å². The molecule has 0 bridgehead atoms. The number of hydrogen-bond acceptors (Lipinski definition) is 3. The highest BCUT2D eigenvalue weighted by Gasteiger charge is 2.24. The molecule has 4 heteroatoms. The second kappa shape index (κ2) is 11.2. The van der Waals surface area contributed by atoms with Gasteiger partial charge < -0.3 is 0 Å². The second-order valence-corrected chi connectivity index (χ2v) is 15.9. The van der Waals surface area contributed by atoms with Gasteiger partial charge in [-0.25, -0.2) is 9.97 Å².